The van der Waals surface area contributed by atoms with Crippen LogP contribution in [-0.2, 0) is 9.59 Å². The van der Waals surface area contributed by atoms with Crippen LogP contribution in [0.2, 0.25) is 0 Å². The van der Waals surface area contributed by atoms with Gasteiger partial charge in [0.05, 0.1) is 0 Å². The molecule has 90 valence electrons. The molecule has 0 aliphatic heterocycles. The van der Waals surface area contributed by atoms with Gasteiger partial charge in [0.1, 0.15) is 5.82 Å². The molecule has 0 saturated carbocycles. The summed E-state index contributed by atoms with van der Waals surface area (Å²) in [5.74, 6) is -1.02. The predicted octanol–water partition coefficient (Wildman–Crippen LogP) is 2.55. The van der Waals surface area contributed by atoms with Crippen molar-refractivity contribution in [3.05, 3.63) is 42.2 Å². The number of allylic oxidation sites excluding steroid dienone is 1. The van der Waals surface area contributed by atoms with Gasteiger partial charge in [-0.15, -0.1) is 0 Å². The smallest absolute Gasteiger partial charge is 0.248 e. The molecule has 1 N–H and O–H groups in total. The van der Waals surface area contributed by atoms with Gasteiger partial charge in [0.25, 0.3) is 0 Å². The van der Waals surface area contributed by atoms with Crippen molar-refractivity contribution in [2.45, 2.75) is 13.8 Å². The summed E-state index contributed by atoms with van der Waals surface area (Å²) in [5, 5.41) is 2.52. The van der Waals surface area contributed by atoms with Gasteiger partial charge in [-0.1, -0.05) is 13.8 Å². The molecule has 1 amide bonds. The molecule has 0 spiro atoms. The van der Waals surface area contributed by atoms with Crippen LogP contribution in [0.25, 0.3) is 0 Å². The van der Waals surface area contributed by atoms with Gasteiger partial charge in [-0.2, -0.15) is 0 Å². The monoisotopic (exact) mass is 235 g/mol. The minimum absolute atomic E-state index is 0.112. The number of ketones is 1. The van der Waals surface area contributed by atoms with Gasteiger partial charge < -0.3 is 5.32 Å². The first-order valence-electron chi connectivity index (χ1n) is 5.27. The predicted molar refractivity (Wildman–Crippen MR) is 64.0 cm³/mol. The zero-order valence-corrected chi connectivity index (χ0v) is 9.74. The first-order valence-corrected chi connectivity index (χ1v) is 5.27. The molecule has 0 fully saturated rings. The first-order chi connectivity index (χ1) is 7.99. The number of anilines is 1. The van der Waals surface area contributed by atoms with Crippen LogP contribution in [-0.4, -0.2) is 11.7 Å². The lowest BCUT2D eigenvalue weighted by atomic mass is 10.1. The number of carbonyl (C=O) groups excluding carboxylic acids is 2. The number of carbonyl (C=O) groups is 2. The first kappa shape index (κ1) is 13.1. The summed E-state index contributed by atoms with van der Waals surface area (Å²) in [6.45, 7) is 3.51. The van der Waals surface area contributed by atoms with E-state index in [1.165, 1.54) is 36.4 Å². The van der Waals surface area contributed by atoms with Crippen molar-refractivity contribution in [3.8, 4) is 0 Å². The Morgan fingerprint density at radius 3 is 2.29 bits per heavy atom. The third kappa shape index (κ3) is 4.59. The van der Waals surface area contributed by atoms with Crippen molar-refractivity contribution in [2.75, 3.05) is 5.32 Å². The van der Waals surface area contributed by atoms with E-state index in [4.69, 9.17) is 0 Å². The topological polar surface area (TPSA) is 46.2 Å². The van der Waals surface area contributed by atoms with E-state index < -0.39 is 5.91 Å². The summed E-state index contributed by atoms with van der Waals surface area (Å²) in [4.78, 5) is 22.6. The van der Waals surface area contributed by atoms with Gasteiger partial charge in [0.15, 0.2) is 5.78 Å². The molecule has 0 saturated heterocycles. The Hall–Kier alpha value is -1.97. The lowest BCUT2D eigenvalue weighted by Gasteiger charge is -2.01. The maximum atomic E-state index is 12.6. The highest BCUT2D eigenvalue weighted by molar-refractivity contribution is 6.04. The zero-order valence-electron chi connectivity index (χ0n) is 9.74. The third-order valence-corrected chi connectivity index (χ3v) is 2.08. The summed E-state index contributed by atoms with van der Waals surface area (Å²) in [6, 6.07) is 5.40. The molecular formula is C13H14FNO2. The van der Waals surface area contributed by atoms with Crippen LogP contribution >= 0.6 is 0 Å². The highest BCUT2D eigenvalue weighted by atomic mass is 19.1. The van der Waals surface area contributed by atoms with E-state index in [-0.39, 0.29) is 17.5 Å². The van der Waals surface area contributed by atoms with Crippen LogP contribution in [0.15, 0.2) is 36.4 Å². The average molecular weight is 235 g/mol. The third-order valence-electron chi connectivity index (χ3n) is 2.08. The van der Waals surface area contributed by atoms with Crippen molar-refractivity contribution >= 4 is 17.4 Å². The Morgan fingerprint density at radius 2 is 1.76 bits per heavy atom. The molecule has 0 aliphatic carbocycles. The SMILES string of the molecule is CC(C)C(=O)/C=C/C(=O)Nc1ccc(F)cc1. The summed E-state index contributed by atoms with van der Waals surface area (Å²) < 4.78 is 12.6. The number of nitrogens with one attached hydrogen (secondary N) is 1. The van der Waals surface area contributed by atoms with Crippen LogP contribution < -0.4 is 5.32 Å². The highest BCUT2D eigenvalue weighted by Gasteiger charge is 2.03. The normalized spacial score (nSPS) is 10.8. The van der Waals surface area contributed by atoms with Crippen molar-refractivity contribution < 1.29 is 14.0 Å². The molecule has 0 radical (unpaired) electrons. The fourth-order valence-corrected chi connectivity index (χ4v) is 1.07. The van der Waals surface area contributed by atoms with Crippen molar-refractivity contribution in [3.63, 3.8) is 0 Å². The molecule has 0 aliphatic rings. The molecular weight excluding hydrogens is 221 g/mol. The van der Waals surface area contributed by atoms with E-state index in [1.54, 1.807) is 13.8 Å². The van der Waals surface area contributed by atoms with Crippen molar-refractivity contribution in [1.29, 1.82) is 0 Å². The number of benzene rings is 1. The fourth-order valence-electron chi connectivity index (χ4n) is 1.07. The molecule has 0 unspecified atom stereocenters. The number of amides is 1. The average Bonchev–Trinajstić information content (AvgIpc) is 2.29. The molecule has 1 aromatic rings. The van der Waals surface area contributed by atoms with Crippen LogP contribution in [0, 0.1) is 11.7 Å². The standard InChI is InChI=1S/C13H14FNO2/c1-9(2)12(16)7-8-13(17)15-11-5-3-10(14)4-6-11/h3-9H,1-2H3,(H,15,17)/b8-7+. The number of rotatable bonds is 4. The van der Waals surface area contributed by atoms with Gasteiger partial charge in [0, 0.05) is 17.7 Å². The number of hydrogen-bond donors (Lipinski definition) is 1. The van der Waals surface area contributed by atoms with E-state index in [0.29, 0.717) is 5.69 Å². The second kappa shape index (κ2) is 5.94. The summed E-state index contributed by atoms with van der Waals surface area (Å²) in [5.41, 5.74) is 0.484. The summed E-state index contributed by atoms with van der Waals surface area (Å²) >= 11 is 0. The Labute approximate surface area is 99.3 Å². The van der Waals surface area contributed by atoms with Crippen LogP contribution in [0.3, 0.4) is 0 Å². The van der Waals surface area contributed by atoms with Crippen molar-refractivity contribution in [1.82, 2.24) is 0 Å². The van der Waals surface area contributed by atoms with Crippen LogP contribution in [0.1, 0.15) is 13.8 Å². The van der Waals surface area contributed by atoms with Gasteiger partial charge in [-0.3, -0.25) is 9.59 Å². The molecule has 1 rings (SSSR count). The fraction of sp³-hybridized carbons (Fsp3) is 0.231. The van der Waals surface area contributed by atoms with Crippen LogP contribution in [0.5, 0.6) is 0 Å². The lowest BCUT2D eigenvalue weighted by Crippen LogP contribution is -2.10. The van der Waals surface area contributed by atoms with Crippen molar-refractivity contribution in [2.24, 2.45) is 5.92 Å². The molecule has 0 aromatic heterocycles. The van der Waals surface area contributed by atoms with Gasteiger partial charge in [-0.25, -0.2) is 4.39 Å². The van der Waals surface area contributed by atoms with E-state index in [2.05, 4.69) is 5.32 Å². The minimum atomic E-state index is -0.411. The second-order valence-electron chi connectivity index (χ2n) is 3.89. The Bertz CT molecular complexity index is 435. The van der Waals surface area contributed by atoms with E-state index in [9.17, 15) is 14.0 Å². The summed E-state index contributed by atoms with van der Waals surface area (Å²) in [6.07, 6.45) is 2.41. The Morgan fingerprint density at radius 1 is 1.18 bits per heavy atom. The minimum Gasteiger partial charge on any atom is -0.323 e. The molecule has 17 heavy (non-hydrogen) atoms. The zero-order chi connectivity index (χ0) is 12.8. The highest BCUT2D eigenvalue weighted by Crippen LogP contribution is 2.08. The maximum absolute atomic E-state index is 12.6. The quantitative estimate of drug-likeness (QED) is 0.815. The van der Waals surface area contributed by atoms with Gasteiger partial charge in [0.2, 0.25) is 5.91 Å². The van der Waals surface area contributed by atoms with E-state index in [1.807, 2.05) is 0 Å². The maximum Gasteiger partial charge on any atom is 0.248 e. The van der Waals surface area contributed by atoms with Gasteiger partial charge in [-0.05, 0) is 30.3 Å². The lowest BCUT2D eigenvalue weighted by molar-refractivity contribution is -0.118. The van der Waals surface area contributed by atoms with Gasteiger partial charge >= 0.3 is 0 Å². The molecule has 1 aromatic carbocycles. The molecule has 4 heteroatoms. The summed E-state index contributed by atoms with van der Waals surface area (Å²) in [7, 11) is 0. The van der Waals surface area contributed by atoms with E-state index >= 15 is 0 Å². The molecule has 3 nitrogen and oxygen atoms in total. The molecule has 0 heterocycles. The van der Waals surface area contributed by atoms with Crippen LogP contribution in [0.4, 0.5) is 10.1 Å². The number of halogens is 1. The molecule has 0 atom stereocenters. The Balaban J connectivity index is 2.55. The van der Waals surface area contributed by atoms with E-state index in [0.717, 1.165) is 0 Å². The number of hydrogen-bond acceptors (Lipinski definition) is 2. The largest absolute Gasteiger partial charge is 0.323 e. The Kier molecular flexibility index (Phi) is 4.57. The second-order valence-corrected chi connectivity index (χ2v) is 3.89. The molecule has 0 bridgehead atoms.